The van der Waals surface area contributed by atoms with Crippen LogP contribution in [0.25, 0.3) is 22.4 Å². The predicted molar refractivity (Wildman–Crippen MR) is 80.1 cm³/mol. The lowest BCUT2D eigenvalue weighted by Gasteiger charge is -2.03. The first-order valence-corrected chi connectivity index (χ1v) is 6.55. The smallest absolute Gasteiger partial charge is 0.239 e. The van der Waals surface area contributed by atoms with E-state index in [1.54, 1.807) is 12.4 Å². The monoisotopic (exact) mass is 278 g/mol. The Morgan fingerprint density at radius 1 is 1.10 bits per heavy atom. The average Bonchev–Trinajstić information content (AvgIpc) is 2.96. The molecule has 0 aliphatic carbocycles. The van der Waals surface area contributed by atoms with Gasteiger partial charge in [0.2, 0.25) is 5.91 Å². The molecule has 0 fully saturated rings. The summed E-state index contributed by atoms with van der Waals surface area (Å²) in [5.74, 6) is -0.409. The molecule has 0 saturated heterocycles. The number of nitrogens with zero attached hydrogens (tertiary/aromatic N) is 3. The van der Waals surface area contributed by atoms with Crippen LogP contribution in [-0.4, -0.2) is 20.7 Å². The number of hydrogen-bond acceptors (Lipinski definition) is 3. The minimum Gasteiger partial charge on any atom is -0.368 e. The molecule has 0 aliphatic rings. The number of pyridine rings is 1. The van der Waals surface area contributed by atoms with Crippen molar-refractivity contribution < 1.29 is 4.79 Å². The molecule has 0 aliphatic heterocycles. The van der Waals surface area contributed by atoms with E-state index in [1.807, 2.05) is 48.7 Å². The molecule has 5 nitrogen and oxygen atoms in total. The lowest BCUT2D eigenvalue weighted by Crippen LogP contribution is -2.18. The van der Waals surface area contributed by atoms with Crippen LogP contribution in [0, 0.1) is 0 Å². The van der Waals surface area contributed by atoms with Crippen molar-refractivity contribution in [3.05, 3.63) is 61.1 Å². The largest absolute Gasteiger partial charge is 0.368 e. The third kappa shape index (κ3) is 2.97. The number of primary amides is 1. The van der Waals surface area contributed by atoms with E-state index in [-0.39, 0.29) is 6.54 Å². The second-order valence-corrected chi connectivity index (χ2v) is 4.69. The summed E-state index contributed by atoms with van der Waals surface area (Å²) in [7, 11) is 0. The van der Waals surface area contributed by atoms with Crippen LogP contribution in [0.15, 0.2) is 61.1 Å². The number of carbonyl (C=O) groups is 1. The lowest BCUT2D eigenvalue weighted by molar-refractivity contribution is -0.118. The Balaban J connectivity index is 1.93. The molecule has 0 saturated carbocycles. The van der Waals surface area contributed by atoms with Gasteiger partial charge in [-0.3, -0.25) is 14.5 Å². The minimum atomic E-state index is -0.409. The highest BCUT2D eigenvalue weighted by molar-refractivity contribution is 5.74. The number of rotatable bonds is 4. The molecule has 1 amide bonds. The van der Waals surface area contributed by atoms with Gasteiger partial charge in [-0.15, -0.1) is 0 Å². The van der Waals surface area contributed by atoms with Gasteiger partial charge in [0.05, 0.1) is 5.69 Å². The number of amides is 1. The summed E-state index contributed by atoms with van der Waals surface area (Å²) in [6.07, 6.45) is 5.32. The predicted octanol–water partition coefficient (Wildman–Crippen LogP) is 2.10. The molecule has 0 spiro atoms. The molecule has 2 aromatic heterocycles. The maximum absolute atomic E-state index is 10.9. The minimum absolute atomic E-state index is 0.0856. The summed E-state index contributed by atoms with van der Waals surface area (Å²) in [4.78, 5) is 15.0. The van der Waals surface area contributed by atoms with Gasteiger partial charge in [0.1, 0.15) is 6.54 Å². The Kier molecular flexibility index (Phi) is 3.47. The zero-order chi connectivity index (χ0) is 14.7. The van der Waals surface area contributed by atoms with Gasteiger partial charge in [-0.25, -0.2) is 0 Å². The third-order valence-corrected chi connectivity index (χ3v) is 3.11. The van der Waals surface area contributed by atoms with Crippen LogP contribution in [0.4, 0.5) is 0 Å². The second kappa shape index (κ2) is 5.58. The Hall–Kier alpha value is -2.95. The van der Waals surface area contributed by atoms with E-state index in [0.29, 0.717) is 0 Å². The summed E-state index contributed by atoms with van der Waals surface area (Å²) in [6.45, 7) is 0.0856. The van der Waals surface area contributed by atoms with Gasteiger partial charge in [-0.1, -0.05) is 24.3 Å². The Morgan fingerprint density at radius 2 is 1.90 bits per heavy atom. The van der Waals surface area contributed by atoms with Crippen LogP contribution in [0.1, 0.15) is 0 Å². The molecule has 1 aromatic carbocycles. The van der Waals surface area contributed by atoms with Crippen LogP contribution in [-0.2, 0) is 11.3 Å². The molecule has 21 heavy (non-hydrogen) atoms. The fourth-order valence-corrected chi connectivity index (χ4v) is 2.15. The van der Waals surface area contributed by atoms with Crippen molar-refractivity contribution in [1.82, 2.24) is 14.8 Å². The van der Waals surface area contributed by atoms with Crippen LogP contribution in [0.2, 0.25) is 0 Å². The van der Waals surface area contributed by atoms with Crippen molar-refractivity contribution in [2.75, 3.05) is 0 Å². The van der Waals surface area contributed by atoms with Gasteiger partial charge in [-0.05, 0) is 23.8 Å². The van der Waals surface area contributed by atoms with E-state index in [0.717, 1.165) is 22.4 Å². The zero-order valence-corrected chi connectivity index (χ0v) is 11.3. The summed E-state index contributed by atoms with van der Waals surface area (Å²) < 4.78 is 1.54. The van der Waals surface area contributed by atoms with Gasteiger partial charge in [-0.2, -0.15) is 5.10 Å². The fraction of sp³-hybridized carbons (Fsp3) is 0.0625. The van der Waals surface area contributed by atoms with Crippen LogP contribution < -0.4 is 5.73 Å². The number of nitrogens with two attached hydrogens (primary N) is 1. The third-order valence-electron chi connectivity index (χ3n) is 3.11. The highest BCUT2D eigenvalue weighted by atomic mass is 16.1. The summed E-state index contributed by atoms with van der Waals surface area (Å²) in [5, 5.41) is 4.36. The average molecular weight is 278 g/mol. The van der Waals surface area contributed by atoms with E-state index < -0.39 is 5.91 Å². The Bertz CT molecular complexity index is 765. The lowest BCUT2D eigenvalue weighted by atomic mass is 10.0. The molecule has 0 bridgehead atoms. The van der Waals surface area contributed by atoms with Gasteiger partial charge >= 0.3 is 0 Å². The van der Waals surface area contributed by atoms with Crippen LogP contribution >= 0.6 is 0 Å². The van der Waals surface area contributed by atoms with Gasteiger partial charge in [0.15, 0.2) is 0 Å². The van der Waals surface area contributed by atoms with E-state index in [9.17, 15) is 4.79 Å². The van der Waals surface area contributed by atoms with Gasteiger partial charge < -0.3 is 5.73 Å². The Labute approximate surface area is 122 Å². The molecule has 0 radical (unpaired) electrons. The van der Waals surface area contributed by atoms with Crippen molar-refractivity contribution in [1.29, 1.82) is 0 Å². The van der Waals surface area contributed by atoms with Crippen LogP contribution in [0.3, 0.4) is 0 Å². The van der Waals surface area contributed by atoms with E-state index in [4.69, 9.17) is 5.73 Å². The molecule has 5 heteroatoms. The molecule has 3 rings (SSSR count). The molecule has 0 unspecified atom stereocenters. The van der Waals surface area contributed by atoms with Gasteiger partial charge in [0, 0.05) is 29.7 Å². The standard InChI is InChI=1S/C16H14N4O/c17-16(21)11-20-8-6-15(19-20)13-4-1-3-12(9-13)14-5-2-7-18-10-14/h1-10H,11H2,(H2,17,21). The topological polar surface area (TPSA) is 73.8 Å². The van der Waals surface area contributed by atoms with Crippen LogP contribution in [0.5, 0.6) is 0 Å². The highest BCUT2D eigenvalue weighted by Gasteiger charge is 2.06. The zero-order valence-electron chi connectivity index (χ0n) is 11.3. The number of aromatic nitrogens is 3. The Morgan fingerprint density at radius 3 is 2.67 bits per heavy atom. The van der Waals surface area contributed by atoms with Crippen molar-refractivity contribution >= 4 is 5.91 Å². The quantitative estimate of drug-likeness (QED) is 0.794. The molecular formula is C16H14N4O. The fourth-order valence-electron chi connectivity index (χ4n) is 2.15. The number of carbonyl (C=O) groups excluding carboxylic acids is 1. The highest BCUT2D eigenvalue weighted by Crippen LogP contribution is 2.24. The first-order valence-electron chi connectivity index (χ1n) is 6.55. The summed E-state index contributed by atoms with van der Waals surface area (Å²) >= 11 is 0. The molecule has 2 heterocycles. The van der Waals surface area contributed by atoms with Crippen molar-refractivity contribution in [2.45, 2.75) is 6.54 Å². The maximum atomic E-state index is 10.9. The van der Waals surface area contributed by atoms with E-state index in [2.05, 4.69) is 10.1 Å². The first-order chi connectivity index (χ1) is 10.2. The van der Waals surface area contributed by atoms with Crippen molar-refractivity contribution in [3.63, 3.8) is 0 Å². The molecule has 104 valence electrons. The van der Waals surface area contributed by atoms with Crippen molar-refractivity contribution in [2.24, 2.45) is 5.73 Å². The molecule has 2 N–H and O–H groups in total. The van der Waals surface area contributed by atoms with E-state index >= 15 is 0 Å². The molecule has 3 aromatic rings. The number of benzene rings is 1. The number of hydrogen-bond donors (Lipinski definition) is 1. The van der Waals surface area contributed by atoms with Gasteiger partial charge in [0.25, 0.3) is 0 Å². The second-order valence-electron chi connectivity index (χ2n) is 4.69. The summed E-state index contributed by atoms with van der Waals surface area (Å²) in [6, 6.07) is 13.8. The first kappa shape index (κ1) is 13.1. The molecular weight excluding hydrogens is 264 g/mol. The SMILES string of the molecule is NC(=O)Cn1ccc(-c2cccc(-c3cccnc3)c2)n1. The summed E-state index contributed by atoms with van der Waals surface area (Å²) in [5.41, 5.74) is 9.08. The molecule has 0 atom stereocenters. The normalized spacial score (nSPS) is 10.5. The van der Waals surface area contributed by atoms with E-state index in [1.165, 1.54) is 4.68 Å². The maximum Gasteiger partial charge on any atom is 0.239 e. The van der Waals surface area contributed by atoms with Crippen molar-refractivity contribution in [3.8, 4) is 22.4 Å².